The van der Waals surface area contributed by atoms with Gasteiger partial charge >= 0.3 is 0 Å². The van der Waals surface area contributed by atoms with Crippen molar-refractivity contribution in [2.75, 3.05) is 19.8 Å². The van der Waals surface area contributed by atoms with Crippen molar-refractivity contribution >= 4 is 0 Å². The minimum absolute atomic E-state index is 0.135. The van der Waals surface area contributed by atoms with Crippen LogP contribution in [0.3, 0.4) is 0 Å². The summed E-state index contributed by atoms with van der Waals surface area (Å²) in [4.78, 5) is 0. The number of rotatable bonds is 4. The molecule has 2 heterocycles. The zero-order valence-corrected chi connectivity index (χ0v) is 7.31. The maximum Gasteiger partial charge on any atom is 0.133 e. The first-order valence-corrected chi connectivity index (χ1v) is 4.37. The van der Waals surface area contributed by atoms with Crippen molar-refractivity contribution in [3.05, 3.63) is 24.2 Å². The highest BCUT2D eigenvalue weighted by Gasteiger charge is 2.24. The lowest BCUT2D eigenvalue weighted by molar-refractivity contribution is -0.157. The van der Waals surface area contributed by atoms with Gasteiger partial charge in [-0.2, -0.15) is 0 Å². The standard InChI is InChI=1S/C9H13NO3/c10-4-9(8-2-1-3-12-8)13-7-5-11-6-7/h1-3,7,9H,4-6,10H2. The van der Waals surface area contributed by atoms with Gasteiger partial charge < -0.3 is 19.6 Å². The van der Waals surface area contributed by atoms with E-state index in [0.717, 1.165) is 5.76 Å². The van der Waals surface area contributed by atoms with E-state index < -0.39 is 0 Å². The highest BCUT2D eigenvalue weighted by molar-refractivity contribution is 5.02. The molecule has 1 aromatic heterocycles. The second kappa shape index (κ2) is 3.91. The van der Waals surface area contributed by atoms with Crippen LogP contribution in [-0.2, 0) is 9.47 Å². The van der Waals surface area contributed by atoms with Crippen LogP contribution in [0.5, 0.6) is 0 Å². The van der Waals surface area contributed by atoms with Gasteiger partial charge in [0.05, 0.1) is 19.5 Å². The van der Waals surface area contributed by atoms with Crippen LogP contribution < -0.4 is 5.73 Å². The van der Waals surface area contributed by atoms with E-state index in [0.29, 0.717) is 19.8 Å². The second-order valence-electron chi connectivity index (χ2n) is 3.04. The summed E-state index contributed by atoms with van der Waals surface area (Å²) < 4.78 is 15.8. The van der Waals surface area contributed by atoms with Gasteiger partial charge in [0.1, 0.15) is 18.0 Å². The molecule has 0 aromatic carbocycles. The predicted octanol–water partition coefficient (Wildman–Crippen LogP) is 0.695. The van der Waals surface area contributed by atoms with Gasteiger partial charge in [-0.3, -0.25) is 0 Å². The zero-order chi connectivity index (χ0) is 9.10. The Morgan fingerprint density at radius 2 is 2.46 bits per heavy atom. The summed E-state index contributed by atoms with van der Waals surface area (Å²) in [6.07, 6.45) is 1.67. The van der Waals surface area contributed by atoms with Crippen molar-refractivity contribution in [2.24, 2.45) is 5.73 Å². The minimum atomic E-state index is -0.135. The summed E-state index contributed by atoms with van der Waals surface area (Å²) >= 11 is 0. The first-order chi connectivity index (χ1) is 6.40. The summed E-state index contributed by atoms with van der Waals surface area (Å²) in [5.74, 6) is 0.786. The molecule has 1 aliphatic heterocycles. The van der Waals surface area contributed by atoms with Gasteiger partial charge in [0.2, 0.25) is 0 Å². The number of ether oxygens (including phenoxy) is 2. The Morgan fingerprint density at radius 3 is 2.92 bits per heavy atom. The maximum atomic E-state index is 5.64. The van der Waals surface area contributed by atoms with Gasteiger partial charge in [-0.05, 0) is 12.1 Å². The second-order valence-corrected chi connectivity index (χ2v) is 3.04. The Bertz CT molecular complexity index is 243. The smallest absolute Gasteiger partial charge is 0.133 e. The molecule has 4 heteroatoms. The van der Waals surface area contributed by atoms with Gasteiger partial charge in [0, 0.05) is 6.54 Å². The SMILES string of the molecule is NCC(OC1COC1)c1ccco1. The third-order valence-electron chi connectivity index (χ3n) is 2.04. The molecular weight excluding hydrogens is 170 g/mol. The van der Waals surface area contributed by atoms with Crippen molar-refractivity contribution in [3.8, 4) is 0 Å². The van der Waals surface area contributed by atoms with Gasteiger partial charge in [0.15, 0.2) is 0 Å². The van der Waals surface area contributed by atoms with Crippen LogP contribution in [0.2, 0.25) is 0 Å². The summed E-state index contributed by atoms with van der Waals surface area (Å²) in [6.45, 7) is 1.76. The summed E-state index contributed by atoms with van der Waals surface area (Å²) in [5, 5.41) is 0. The lowest BCUT2D eigenvalue weighted by Gasteiger charge is -2.29. The Hall–Kier alpha value is -0.840. The molecule has 4 nitrogen and oxygen atoms in total. The molecule has 2 N–H and O–H groups in total. The van der Waals surface area contributed by atoms with Crippen LogP contribution in [0, 0.1) is 0 Å². The molecule has 2 rings (SSSR count). The summed E-state index contributed by atoms with van der Waals surface area (Å²) in [7, 11) is 0. The van der Waals surface area contributed by atoms with Gasteiger partial charge in [-0.15, -0.1) is 0 Å². The highest BCUT2D eigenvalue weighted by atomic mass is 16.6. The molecule has 1 aliphatic rings. The van der Waals surface area contributed by atoms with Gasteiger partial charge in [-0.1, -0.05) is 0 Å². The van der Waals surface area contributed by atoms with E-state index in [9.17, 15) is 0 Å². The Labute approximate surface area is 76.6 Å². The van der Waals surface area contributed by atoms with Crippen LogP contribution >= 0.6 is 0 Å². The van der Waals surface area contributed by atoms with Crippen molar-refractivity contribution < 1.29 is 13.9 Å². The monoisotopic (exact) mass is 183 g/mol. The summed E-state index contributed by atoms with van der Waals surface area (Å²) in [5.41, 5.74) is 5.57. The van der Waals surface area contributed by atoms with E-state index in [-0.39, 0.29) is 12.2 Å². The van der Waals surface area contributed by atoms with E-state index in [4.69, 9.17) is 19.6 Å². The number of nitrogens with two attached hydrogens (primary N) is 1. The lowest BCUT2D eigenvalue weighted by Crippen LogP contribution is -2.38. The zero-order valence-electron chi connectivity index (χ0n) is 7.31. The molecule has 1 unspecified atom stereocenters. The third kappa shape index (κ3) is 1.91. The molecule has 1 atom stereocenters. The van der Waals surface area contributed by atoms with Crippen molar-refractivity contribution in [1.82, 2.24) is 0 Å². The largest absolute Gasteiger partial charge is 0.467 e. The molecule has 0 amide bonds. The van der Waals surface area contributed by atoms with Crippen molar-refractivity contribution in [3.63, 3.8) is 0 Å². The van der Waals surface area contributed by atoms with Crippen LogP contribution in [0.25, 0.3) is 0 Å². The van der Waals surface area contributed by atoms with E-state index in [2.05, 4.69) is 0 Å². The Morgan fingerprint density at radius 1 is 1.62 bits per heavy atom. The molecule has 72 valence electrons. The summed E-state index contributed by atoms with van der Waals surface area (Å²) in [6, 6.07) is 3.70. The predicted molar refractivity (Wildman–Crippen MR) is 46.2 cm³/mol. The Kier molecular flexibility index (Phi) is 2.63. The van der Waals surface area contributed by atoms with Crippen LogP contribution in [0.1, 0.15) is 11.9 Å². The van der Waals surface area contributed by atoms with E-state index in [1.165, 1.54) is 0 Å². The van der Waals surface area contributed by atoms with Crippen LogP contribution in [-0.4, -0.2) is 25.9 Å². The number of furan rings is 1. The third-order valence-corrected chi connectivity index (χ3v) is 2.04. The fourth-order valence-corrected chi connectivity index (χ4v) is 1.24. The van der Waals surface area contributed by atoms with Crippen LogP contribution in [0.15, 0.2) is 22.8 Å². The lowest BCUT2D eigenvalue weighted by atomic mass is 10.2. The molecule has 1 fully saturated rings. The van der Waals surface area contributed by atoms with E-state index in [1.54, 1.807) is 6.26 Å². The minimum Gasteiger partial charge on any atom is -0.467 e. The molecule has 0 saturated carbocycles. The first kappa shape index (κ1) is 8.74. The molecular formula is C9H13NO3. The number of hydrogen-bond donors (Lipinski definition) is 1. The molecule has 1 saturated heterocycles. The van der Waals surface area contributed by atoms with E-state index >= 15 is 0 Å². The quantitative estimate of drug-likeness (QED) is 0.746. The normalized spacial score (nSPS) is 19.8. The van der Waals surface area contributed by atoms with Gasteiger partial charge in [0.25, 0.3) is 0 Å². The fraction of sp³-hybridized carbons (Fsp3) is 0.556. The highest BCUT2D eigenvalue weighted by Crippen LogP contribution is 2.20. The first-order valence-electron chi connectivity index (χ1n) is 4.37. The van der Waals surface area contributed by atoms with Crippen molar-refractivity contribution in [2.45, 2.75) is 12.2 Å². The molecule has 0 radical (unpaired) electrons. The fourth-order valence-electron chi connectivity index (χ4n) is 1.24. The average Bonchev–Trinajstić information content (AvgIpc) is 2.55. The van der Waals surface area contributed by atoms with Gasteiger partial charge in [-0.25, -0.2) is 0 Å². The molecule has 1 aromatic rings. The van der Waals surface area contributed by atoms with Crippen molar-refractivity contribution in [1.29, 1.82) is 0 Å². The topological polar surface area (TPSA) is 57.6 Å². The molecule has 0 spiro atoms. The molecule has 13 heavy (non-hydrogen) atoms. The molecule has 0 aliphatic carbocycles. The van der Waals surface area contributed by atoms with Crippen LogP contribution in [0.4, 0.5) is 0 Å². The number of hydrogen-bond acceptors (Lipinski definition) is 4. The van der Waals surface area contributed by atoms with E-state index in [1.807, 2.05) is 12.1 Å². The average molecular weight is 183 g/mol. The Balaban J connectivity index is 1.92. The molecule has 0 bridgehead atoms. The maximum absolute atomic E-state index is 5.64.